The molecular weight excluding hydrogens is 140 g/mol. The molecule has 3 heteroatoms. The van der Waals surface area contributed by atoms with E-state index in [1.807, 2.05) is 7.05 Å². The van der Waals surface area contributed by atoms with E-state index >= 15 is 0 Å². The maximum atomic E-state index is 10.0. The van der Waals surface area contributed by atoms with Gasteiger partial charge in [-0.2, -0.15) is 0 Å². The first-order chi connectivity index (χ1) is 5.38. The van der Waals surface area contributed by atoms with Gasteiger partial charge in [-0.15, -0.1) is 0 Å². The number of hydrogen-bond acceptors (Lipinski definition) is 3. The van der Waals surface area contributed by atoms with Crippen molar-refractivity contribution in [3.05, 3.63) is 0 Å². The van der Waals surface area contributed by atoms with E-state index in [4.69, 9.17) is 0 Å². The highest BCUT2D eigenvalue weighted by molar-refractivity contribution is 5.33. The van der Waals surface area contributed by atoms with E-state index < -0.39 is 0 Å². The number of nitrogens with one attached hydrogen (secondary N) is 1. The Hall–Kier alpha value is -0.660. The largest absolute Gasteiger partial charge is 0.315 e. The van der Waals surface area contributed by atoms with E-state index in [0.717, 1.165) is 12.8 Å². The van der Waals surface area contributed by atoms with E-state index in [1.165, 1.54) is 12.8 Å². The molecule has 1 rings (SSSR count). The normalized spacial score (nSPS) is 31.0. The van der Waals surface area contributed by atoms with Gasteiger partial charge in [0.2, 0.25) is 6.08 Å². The second-order valence-corrected chi connectivity index (χ2v) is 2.97. The van der Waals surface area contributed by atoms with Gasteiger partial charge in [0.25, 0.3) is 0 Å². The van der Waals surface area contributed by atoms with Crippen LogP contribution in [0.1, 0.15) is 25.7 Å². The zero-order valence-corrected chi connectivity index (χ0v) is 6.84. The lowest BCUT2D eigenvalue weighted by molar-refractivity contribution is 0.345. The summed E-state index contributed by atoms with van der Waals surface area (Å²) in [6.07, 6.45) is 6.23. The molecule has 3 nitrogen and oxygen atoms in total. The molecule has 0 saturated heterocycles. The summed E-state index contributed by atoms with van der Waals surface area (Å²) in [5, 5.41) is 3.17. The monoisotopic (exact) mass is 154 g/mol. The number of isocyanates is 1. The van der Waals surface area contributed by atoms with Gasteiger partial charge >= 0.3 is 0 Å². The Morgan fingerprint density at radius 2 is 2.18 bits per heavy atom. The molecule has 0 aliphatic heterocycles. The van der Waals surface area contributed by atoms with Crippen LogP contribution >= 0.6 is 0 Å². The van der Waals surface area contributed by atoms with Crippen LogP contribution in [0.2, 0.25) is 0 Å². The number of likely N-dealkylation sites (N-methyl/N-ethyl adjacent to an activating group) is 1. The van der Waals surface area contributed by atoms with Gasteiger partial charge in [-0.25, -0.2) is 9.79 Å². The zero-order valence-electron chi connectivity index (χ0n) is 6.84. The first-order valence-corrected chi connectivity index (χ1v) is 4.12. The molecule has 0 aromatic carbocycles. The van der Waals surface area contributed by atoms with Gasteiger partial charge in [0.15, 0.2) is 0 Å². The molecule has 2 unspecified atom stereocenters. The minimum absolute atomic E-state index is 0.172. The van der Waals surface area contributed by atoms with Gasteiger partial charge < -0.3 is 5.32 Å². The zero-order chi connectivity index (χ0) is 8.10. The van der Waals surface area contributed by atoms with Crippen LogP contribution in [0.3, 0.4) is 0 Å². The molecule has 0 bridgehead atoms. The van der Waals surface area contributed by atoms with Crippen LogP contribution in [0, 0.1) is 0 Å². The summed E-state index contributed by atoms with van der Waals surface area (Å²) in [5.41, 5.74) is 0. The molecule has 0 aromatic rings. The van der Waals surface area contributed by atoms with Crippen molar-refractivity contribution < 1.29 is 4.79 Å². The number of rotatable bonds is 2. The summed E-state index contributed by atoms with van der Waals surface area (Å²) < 4.78 is 0. The number of hydrogen-bond donors (Lipinski definition) is 1. The summed E-state index contributed by atoms with van der Waals surface area (Å²) in [6, 6.07) is 0.566. The molecule has 1 aliphatic carbocycles. The molecule has 0 heterocycles. The SMILES string of the molecule is CNC1CCCCC1N=C=O. The molecule has 1 aliphatic rings. The van der Waals surface area contributed by atoms with E-state index in [0.29, 0.717) is 6.04 Å². The maximum absolute atomic E-state index is 10.0. The van der Waals surface area contributed by atoms with E-state index in [1.54, 1.807) is 6.08 Å². The Bertz CT molecular complexity index is 163. The lowest BCUT2D eigenvalue weighted by atomic mass is 9.91. The van der Waals surface area contributed by atoms with Crippen molar-refractivity contribution in [1.82, 2.24) is 5.32 Å². The lowest BCUT2D eigenvalue weighted by Crippen LogP contribution is -2.38. The molecule has 0 aromatic heterocycles. The third kappa shape index (κ3) is 2.14. The van der Waals surface area contributed by atoms with Crippen LogP contribution in [0.5, 0.6) is 0 Å². The summed E-state index contributed by atoms with van der Waals surface area (Å²) in [4.78, 5) is 13.8. The number of nitrogens with zero attached hydrogens (tertiary/aromatic N) is 1. The molecular formula is C8H14N2O. The standard InChI is InChI=1S/C8H14N2O/c1-9-7-4-2-3-5-8(7)10-6-11/h7-9H,2-5H2,1H3. The van der Waals surface area contributed by atoms with Crippen molar-refractivity contribution in [2.75, 3.05) is 7.05 Å². The summed E-state index contributed by atoms with van der Waals surface area (Å²) in [5.74, 6) is 0. The van der Waals surface area contributed by atoms with Gasteiger partial charge in [0, 0.05) is 6.04 Å². The van der Waals surface area contributed by atoms with Crippen LogP contribution in [0.25, 0.3) is 0 Å². The smallest absolute Gasteiger partial charge is 0.235 e. The highest BCUT2D eigenvalue weighted by Gasteiger charge is 2.22. The molecule has 62 valence electrons. The second kappa shape index (κ2) is 4.27. The third-order valence-electron chi connectivity index (χ3n) is 2.32. The Morgan fingerprint density at radius 3 is 2.82 bits per heavy atom. The fraction of sp³-hybridized carbons (Fsp3) is 0.875. The summed E-state index contributed by atoms with van der Waals surface area (Å²) >= 11 is 0. The summed E-state index contributed by atoms with van der Waals surface area (Å²) in [7, 11) is 1.92. The predicted octanol–water partition coefficient (Wildman–Crippen LogP) is 0.853. The van der Waals surface area contributed by atoms with Crippen LogP contribution < -0.4 is 5.32 Å². The first-order valence-electron chi connectivity index (χ1n) is 4.12. The van der Waals surface area contributed by atoms with Crippen molar-refractivity contribution >= 4 is 6.08 Å². The van der Waals surface area contributed by atoms with E-state index in [2.05, 4.69) is 10.3 Å². The van der Waals surface area contributed by atoms with Crippen molar-refractivity contribution in [3.8, 4) is 0 Å². The molecule has 0 radical (unpaired) electrons. The second-order valence-electron chi connectivity index (χ2n) is 2.97. The van der Waals surface area contributed by atoms with Crippen molar-refractivity contribution in [2.45, 2.75) is 37.8 Å². The maximum Gasteiger partial charge on any atom is 0.235 e. The highest BCUT2D eigenvalue weighted by Crippen LogP contribution is 2.20. The fourth-order valence-electron chi connectivity index (χ4n) is 1.67. The Kier molecular flexibility index (Phi) is 3.27. The minimum Gasteiger partial charge on any atom is -0.315 e. The lowest BCUT2D eigenvalue weighted by Gasteiger charge is -2.26. The van der Waals surface area contributed by atoms with Crippen molar-refractivity contribution in [3.63, 3.8) is 0 Å². The molecule has 1 fully saturated rings. The first kappa shape index (κ1) is 8.44. The van der Waals surface area contributed by atoms with Crippen LogP contribution in [0.4, 0.5) is 0 Å². The quantitative estimate of drug-likeness (QED) is 0.473. The molecule has 0 spiro atoms. The molecule has 0 amide bonds. The molecule has 11 heavy (non-hydrogen) atoms. The van der Waals surface area contributed by atoms with E-state index in [9.17, 15) is 4.79 Å². The summed E-state index contributed by atoms with van der Waals surface area (Å²) in [6.45, 7) is 0. The minimum atomic E-state index is 0.172. The number of aliphatic imine (C=N–C) groups is 1. The van der Waals surface area contributed by atoms with E-state index in [-0.39, 0.29) is 6.04 Å². The molecule has 1 saturated carbocycles. The Morgan fingerprint density at radius 1 is 1.45 bits per heavy atom. The fourth-order valence-corrected chi connectivity index (χ4v) is 1.67. The van der Waals surface area contributed by atoms with Crippen molar-refractivity contribution in [1.29, 1.82) is 0 Å². The van der Waals surface area contributed by atoms with Gasteiger partial charge in [0.1, 0.15) is 0 Å². The van der Waals surface area contributed by atoms with Gasteiger partial charge in [-0.3, -0.25) is 0 Å². The van der Waals surface area contributed by atoms with Crippen LogP contribution in [-0.2, 0) is 4.79 Å². The molecule has 2 atom stereocenters. The number of carbonyl (C=O) groups excluding carboxylic acids is 1. The topological polar surface area (TPSA) is 41.5 Å². The Labute approximate surface area is 66.9 Å². The Balaban J connectivity index is 2.50. The predicted molar refractivity (Wildman–Crippen MR) is 43.2 cm³/mol. The molecule has 1 N–H and O–H groups in total. The van der Waals surface area contributed by atoms with Gasteiger partial charge in [0.05, 0.1) is 6.04 Å². The highest BCUT2D eigenvalue weighted by atomic mass is 16.1. The average molecular weight is 154 g/mol. The van der Waals surface area contributed by atoms with Gasteiger partial charge in [-0.05, 0) is 19.9 Å². The van der Waals surface area contributed by atoms with Crippen molar-refractivity contribution in [2.24, 2.45) is 4.99 Å². The van der Waals surface area contributed by atoms with Crippen LogP contribution in [-0.4, -0.2) is 25.2 Å². The van der Waals surface area contributed by atoms with Gasteiger partial charge in [-0.1, -0.05) is 12.8 Å². The average Bonchev–Trinajstić information content (AvgIpc) is 2.06. The van der Waals surface area contributed by atoms with Crippen LogP contribution in [0.15, 0.2) is 4.99 Å². The third-order valence-corrected chi connectivity index (χ3v) is 2.32.